The van der Waals surface area contributed by atoms with E-state index >= 15 is 0 Å². The molecule has 1 atom stereocenters. The Bertz CT molecular complexity index is 524. The first-order valence-electron chi connectivity index (χ1n) is 6.27. The van der Waals surface area contributed by atoms with E-state index in [1.54, 1.807) is 18.4 Å². The minimum atomic E-state index is -0.517. The zero-order valence-corrected chi connectivity index (χ0v) is 12.0. The quantitative estimate of drug-likeness (QED) is 0.853. The van der Waals surface area contributed by atoms with E-state index in [0.717, 1.165) is 17.9 Å². The van der Waals surface area contributed by atoms with Crippen molar-refractivity contribution in [3.63, 3.8) is 0 Å². The second-order valence-electron chi connectivity index (χ2n) is 4.44. The maximum absolute atomic E-state index is 10.1. The lowest BCUT2D eigenvalue weighted by atomic mass is 10.1. The van der Waals surface area contributed by atoms with Crippen LogP contribution in [-0.4, -0.2) is 18.8 Å². The van der Waals surface area contributed by atoms with Crippen LogP contribution in [0.2, 0.25) is 0 Å². The second kappa shape index (κ2) is 6.70. The van der Waals surface area contributed by atoms with Gasteiger partial charge in [0, 0.05) is 22.8 Å². The lowest BCUT2D eigenvalue weighted by Gasteiger charge is -2.12. The summed E-state index contributed by atoms with van der Waals surface area (Å²) >= 11 is 1.78. The SMILES string of the molecule is COc1cccc(C(O)CNCc2ccc(C)s2)c1. The van der Waals surface area contributed by atoms with Crippen LogP contribution in [0.1, 0.15) is 21.4 Å². The molecular weight excluding hydrogens is 258 g/mol. The lowest BCUT2D eigenvalue weighted by Crippen LogP contribution is -2.20. The predicted molar refractivity (Wildman–Crippen MR) is 78.7 cm³/mol. The third kappa shape index (κ3) is 4.06. The molecule has 0 saturated heterocycles. The van der Waals surface area contributed by atoms with Crippen LogP contribution in [0.5, 0.6) is 5.75 Å². The summed E-state index contributed by atoms with van der Waals surface area (Å²) in [7, 11) is 1.63. The molecular formula is C15H19NO2S. The fraction of sp³-hybridized carbons (Fsp3) is 0.333. The van der Waals surface area contributed by atoms with E-state index in [4.69, 9.17) is 4.74 Å². The third-order valence-corrected chi connectivity index (χ3v) is 3.91. The Balaban J connectivity index is 1.85. The number of aryl methyl sites for hydroxylation is 1. The normalized spacial score (nSPS) is 12.4. The number of aliphatic hydroxyl groups is 1. The van der Waals surface area contributed by atoms with Crippen molar-refractivity contribution in [1.29, 1.82) is 0 Å². The van der Waals surface area contributed by atoms with E-state index < -0.39 is 6.10 Å². The minimum Gasteiger partial charge on any atom is -0.497 e. The largest absolute Gasteiger partial charge is 0.497 e. The summed E-state index contributed by atoms with van der Waals surface area (Å²) in [4.78, 5) is 2.60. The summed E-state index contributed by atoms with van der Waals surface area (Å²) in [6.45, 7) is 3.42. The molecule has 2 rings (SSSR count). The zero-order valence-electron chi connectivity index (χ0n) is 11.2. The molecule has 1 unspecified atom stereocenters. The Morgan fingerprint density at radius 2 is 2.16 bits per heavy atom. The van der Waals surface area contributed by atoms with Crippen molar-refractivity contribution < 1.29 is 9.84 Å². The van der Waals surface area contributed by atoms with Gasteiger partial charge < -0.3 is 15.2 Å². The third-order valence-electron chi connectivity index (χ3n) is 2.91. The molecule has 1 aromatic carbocycles. The number of hydrogen-bond acceptors (Lipinski definition) is 4. The Kier molecular flexibility index (Phi) is 4.96. The van der Waals surface area contributed by atoms with Crippen molar-refractivity contribution in [3.05, 3.63) is 51.7 Å². The first kappa shape index (κ1) is 14.1. The molecule has 19 heavy (non-hydrogen) atoms. The van der Waals surface area contributed by atoms with Crippen LogP contribution < -0.4 is 10.1 Å². The number of rotatable bonds is 6. The maximum atomic E-state index is 10.1. The van der Waals surface area contributed by atoms with Crippen molar-refractivity contribution >= 4 is 11.3 Å². The number of benzene rings is 1. The second-order valence-corrected chi connectivity index (χ2v) is 5.81. The number of ether oxygens (including phenoxy) is 1. The molecule has 2 N–H and O–H groups in total. The molecule has 2 aromatic rings. The Morgan fingerprint density at radius 3 is 2.84 bits per heavy atom. The highest BCUT2D eigenvalue weighted by molar-refractivity contribution is 7.11. The molecule has 0 spiro atoms. The fourth-order valence-corrected chi connectivity index (χ4v) is 2.74. The summed E-state index contributed by atoms with van der Waals surface area (Å²) in [6.07, 6.45) is -0.517. The highest BCUT2D eigenvalue weighted by atomic mass is 32.1. The van der Waals surface area contributed by atoms with Gasteiger partial charge in [0.15, 0.2) is 0 Å². The van der Waals surface area contributed by atoms with E-state index in [1.165, 1.54) is 9.75 Å². The van der Waals surface area contributed by atoms with Crippen LogP contribution in [0, 0.1) is 6.92 Å². The molecule has 0 radical (unpaired) electrons. The van der Waals surface area contributed by atoms with E-state index in [-0.39, 0.29) is 0 Å². The van der Waals surface area contributed by atoms with E-state index in [9.17, 15) is 5.11 Å². The Hall–Kier alpha value is -1.36. The molecule has 0 amide bonds. The van der Waals surface area contributed by atoms with Crippen LogP contribution in [0.25, 0.3) is 0 Å². The molecule has 0 fully saturated rings. The van der Waals surface area contributed by atoms with Crippen LogP contribution >= 0.6 is 11.3 Å². The summed E-state index contributed by atoms with van der Waals surface area (Å²) in [6, 6.07) is 11.8. The highest BCUT2D eigenvalue weighted by Crippen LogP contribution is 2.19. The average Bonchev–Trinajstić information content (AvgIpc) is 2.84. The van der Waals surface area contributed by atoms with E-state index in [1.807, 2.05) is 24.3 Å². The van der Waals surface area contributed by atoms with Crippen molar-refractivity contribution in [2.24, 2.45) is 0 Å². The minimum absolute atomic E-state index is 0.517. The summed E-state index contributed by atoms with van der Waals surface area (Å²) < 4.78 is 5.15. The van der Waals surface area contributed by atoms with Crippen LogP contribution in [-0.2, 0) is 6.54 Å². The summed E-state index contributed by atoms with van der Waals surface area (Å²) in [5.74, 6) is 0.769. The first-order valence-corrected chi connectivity index (χ1v) is 7.08. The van der Waals surface area contributed by atoms with Gasteiger partial charge in [0.1, 0.15) is 5.75 Å². The number of hydrogen-bond donors (Lipinski definition) is 2. The number of methoxy groups -OCH3 is 1. The maximum Gasteiger partial charge on any atom is 0.119 e. The first-order chi connectivity index (χ1) is 9.19. The van der Waals surface area contributed by atoms with Crippen LogP contribution in [0.15, 0.2) is 36.4 Å². The predicted octanol–water partition coefficient (Wildman–Crippen LogP) is 2.89. The van der Waals surface area contributed by atoms with Crippen molar-refractivity contribution in [2.45, 2.75) is 19.6 Å². The molecule has 4 heteroatoms. The molecule has 1 heterocycles. The van der Waals surface area contributed by atoms with Gasteiger partial charge in [-0.15, -0.1) is 11.3 Å². The van der Waals surface area contributed by atoms with Gasteiger partial charge in [-0.3, -0.25) is 0 Å². The standard InChI is InChI=1S/C15H19NO2S/c1-11-6-7-14(19-11)9-16-10-15(17)12-4-3-5-13(8-12)18-2/h3-8,15-17H,9-10H2,1-2H3. The van der Waals surface area contributed by atoms with E-state index in [2.05, 4.69) is 24.4 Å². The van der Waals surface area contributed by atoms with Gasteiger partial charge in [-0.25, -0.2) is 0 Å². The zero-order chi connectivity index (χ0) is 13.7. The molecule has 0 aliphatic carbocycles. The van der Waals surface area contributed by atoms with Gasteiger partial charge in [0.2, 0.25) is 0 Å². The Labute approximate surface area is 117 Å². The molecule has 3 nitrogen and oxygen atoms in total. The van der Waals surface area contributed by atoms with Gasteiger partial charge in [-0.2, -0.15) is 0 Å². The molecule has 0 bridgehead atoms. The molecule has 0 aliphatic rings. The monoisotopic (exact) mass is 277 g/mol. The van der Waals surface area contributed by atoms with Crippen LogP contribution in [0.4, 0.5) is 0 Å². The van der Waals surface area contributed by atoms with Gasteiger partial charge >= 0.3 is 0 Å². The van der Waals surface area contributed by atoms with Crippen molar-refractivity contribution in [2.75, 3.05) is 13.7 Å². The van der Waals surface area contributed by atoms with Crippen molar-refractivity contribution in [1.82, 2.24) is 5.32 Å². The fourth-order valence-electron chi connectivity index (χ4n) is 1.88. The van der Waals surface area contributed by atoms with Gasteiger partial charge in [-0.1, -0.05) is 12.1 Å². The highest BCUT2D eigenvalue weighted by Gasteiger charge is 2.08. The summed E-state index contributed by atoms with van der Waals surface area (Å²) in [5.41, 5.74) is 0.870. The average molecular weight is 277 g/mol. The van der Waals surface area contributed by atoms with Gasteiger partial charge in [-0.05, 0) is 36.8 Å². The van der Waals surface area contributed by atoms with Gasteiger partial charge in [0.25, 0.3) is 0 Å². The lowest BCUT2D eigenvalue weighted by molar-refractivity contribution is 0.174. The van der Waals surface area contributed by atoms with Gasteiger partial charge in [0.05, 0.1) is 13.2 Å². The molecule has 1 aromatic heterocycles. The number of aliphatic hydroxyl groups excluding tert-OH is 1. The van der Waals surface area contributed by atoms with Crippen molar-refractivity contribution in [3.8, 4) is 5.75 Å². The van der Waals surface area contributed by atoms with E-state index in [0.29, 0.717) is 6.54 Å². The van der Waals surface area contributed by atoms with Crippen LogP contribution in [0.3, 0.4) is 0 Å². The topological polar surface area (TPSA) is 41.5 Å². The number of thiophene rings is 1. The number of nitrogens with one attached hydrogen (secondary N) is 1. The Morgan fingerprint density at radius 1 is 1.32 bits per heavy atom. The molecule has 0 aliphatic heterocycles. The molecule has 0 saturated carbocycles. The summed E-state index contributed by atoms with van der Waals surface area (Å²) in [5, 5.41) is 13.4. The molecule has 102 valence electrons. The smallest absolute Gasteiger partial charge is 0.119 e.